The highest BCUT2D eigenvalue weighted by molar-refractivity contribution is 5.32. The van der Waals surface area contributed by atoms with Crippen molar-refractivity contribution in [1.82, 2.24) is 10.6 Å². The number of benzene rings is 1. The van der Waals surface area contributed by atoms with E-state index in [4.69, 9.17) is 4.74 Å². The summed E-state index contributed by atoms with van der Waals surface area (Å²) in [7, 11) is 0. The van der Waals surface area contributed by atoms with Crippen LogP contribution in [0.4, 0.5) is 0 Å². The molecule has 1 aliphatic rings. The van der Waals surface area contributed by atoms with Gasteiger partial charge in [0, 0.05) is 18.6 Å². The zero-order chi connectivity index (χ0) is 13.0. The van der Waals surface area contributed by atoms with Crippen molar-refractivity contribution in [1.29, 1.82) is 0 Å². The van der Waals surface area contributed by atoms with Crippen molar-refractivity contribution in [2.75, 3.05) is 26.2 Å². The molecule has 0 aliphatic carbocycles. The second kappa shape index (κ2) is 5.72. The molecule has 1 aliphatic heterocycles. The lowest BCUT2D eigenvalue weighted by Crippen LogP contribution is -2.45. The molecule has 100 valence electrons. The molecule has 2 N–H and O–H groups in total. The molecule has 0 radical (unpaired) electrons. The molecule has 2 rings (SSSR count). The molecular formula is C15H24N2O. The minimum absolute atomic E-state index is 0.242. The summed E-state index contributed by atoms with van der Waals surface area (Å²) in [4.78, 5) is 0. The predicted molar refractivity (Wildman–Crippen MR) is 75.3 cm³/mol. The average molecular weight is 248 g/mol. The van der Waals surface area contributed by atoms with Crippen molar-refractivity contribution in [3.63, 3.8) is 0 Å². The van der Waals surface area contributed by atoms with E-state index in [9.17, 15) is 0 Å². The summed E-state index contributed by atoms with van der Waals surface area (Å²) in [5.41, 5.74) is 2.75. The molecule has 1 unspecified atom stereocenters. The SMILES string of the molecule is Cc1cc(C)cc(OCCNC2(C)CCNC2)c1. The molecule has 0 bridgehead atoms. The Balaban J connectivity index is 1.75. The molecule has 1 fully saturated rings. The fourth-order valence-corrected chi connectivity index (χ4v) is 2.51. The topological polar surface area (TPSA) is 33.3 Å². The van der Waals surface area contributed by atoms with Gasteiger partial charge in [-0.3, -0.25) is 0 Å². The van der Waals surface area contributed by atoms with Gasteiger partial charge in [0.25, 0.3) is 0 Å². The molecule has 0 aromatic heterocycles. The van der Waals surface area contributed by atoms with Crippen LogP contribution in [0, 0.1) is 13.8 Å². The Morgan fingerprint density at radius 2 is 2.00 bits per heavy atom. The number of hydrogen-bond donors (Lipinski definition) is 2. The van der Waals surface area contributed by atoms with Gasteiger partial charge in [-0.05, 0) is 57.0 Å². The van der Waals surface area contributed by atoms with Crippen LogP contribution in [0.3, 0.4) is 0 Å². The van der Waals surface area contributed by atoms with E-state index < -0.39 is 0 Å². The van der Waals surface area contributed by atoms with E-state index in [0.29, 0.717) is 0 Å². The van der Waals surface area contributed by atoms with Crippen LogP contribution in [-0.4, -0.2) is 31.8 Å². The predicted octanol–water partition coefficient (Wildman–Crippen LogP) is 2.02. The van der Waals surface area contributed by atoms with E-state index in [2.05, 4.69) is 49.6 Å². The largest absolute Gasteiger partial charge is 0.492 e. The number of rotatable bonds is 5. The summed E-state index contributed by atoms with van der Waals surface area (Å²) in [5.74, 6) is 0.976. The maximum atomic E-state index is 5.79. The third-order valence-corrected chi connectivity index (χ3v) is 3.49. The normalized spacial score (nSPS) is 23.3. The van der Waals surface area contributed by atoms with Gasteiger partial charge in [-0.2, -0.15) is 0 Å². The molecule has 0 amide bonds. The molecule has 1 aromatic rings. The van der Waals surface area contributed by atoms with Gasteiger partial charge in [-0.15, -0.1) is 0 Å². The first-order valence-electron chi connectivity index (χ1n) is 6.74. The van der Waals surface area contributed by atoms with Gasteiger partial charge in [0.1, 0.15) is 12.4 Å². The minimum Gasteiger partial charge on any atom is -0.492 e. The summed E-state index contributed by atoms with van der Waals surface area (Å²) >= 11 is 0. The van der Waals surface area contributed by atoms with Crippen molar-refractivity contribution in [3.8, 4) is 5.75 Å². The van der Waals surface area contributed by atoms with Gasteiger partial charge in [-0.1, -0.05) is 6.07 Å². The summed E-state index contributed by atoms with van der Waals surface area (Å²) in [6, 6.07) is 6.34. The molecule has 1 atom stereocenters. The number of aryl methyl sites for hydroxylation is 2. The summed E-state index contributed by atoms with van der Waals surface area (Å²) < 4.78 is 5.79. The van der Waals surface area contributed by atoms with E-state index in [-0.39, 0.29) is 5.54 Å². The van der Waals surface area contributed by atoms with Crippen LogP contribution in [0.1, 0.15) is 24.5 Å². The zero-order valence-electron chi connectivity index (χ0n) is 11.7. The Labute approximate surface area is 110 Å². The maximum Gasteiger partial charge on any atom is 0.119 e. The Hall–Kier alpha value is -1.06. The highest BCUT2D eigenvalue weighted by Gasteiger charge is 2.27. The number of hydrogen-bond acceptors (Lipinski definition) is 3. The van der Waals surface area contributed by atoms with Crippen LogP contribution in [0.25, 0.3) is 0 Å². The number of ether oxygens (including phenoxy) is 1. The molecule has 0 saturated carbocycles. The molecule has 1 heterocycles. The van der Waals surface area contributed by atoms with E-state index in [1.165, 1.54) is 17.5 Å². The fourth-order valence-electron chi connectivity index (χ4n) is 2.51. The van der Waals surface area contributed by atoms with E-state index >= 15 is 0 Å². The van der Waals surface area contributed by atoms with Crippen LogP contribution in [0.5, 0.6) is 5.75 Å². The highest BCUT2D eigenvalue weighted by Crippen LogP contribution is 2.16. The molecule has 18 heavy (non-hydrogen) atoms. The Morgan fingerprint density at radius 3 is 2.61 bits per heavy atom. The van der Waals surface area contributed by atoms with Crippen molar-refractivity contribution in [2.24, 2.45) is 0 Å². The van der Waals surface area contributed by atoms with Crippen LogP contribution < -0.4 is 15.4 Å². The van der Waals surface area contributed by atoms with Crippen LogP contribution in [0.15, 0.2) is 18.2 Å². The van der Waals surface area contributed by atoms with Crippen molar-refractivity contribution in [2.45, 2.75) is 32.7 Å². The zero-order valence-corrected chi connectivity index (χ0v) is 11.7. The summed E-state index contributed by atoms with van der Waals surface area (Å²) in [6.07, 6.45) is 1.19. The molecular weight excluding hydrogens is 224 g/mol. The lowest BCUT2D eigenvalue weighted by Gasteiger charge is -2.24. The van der Waals surface area contributed by atoms with Gasteiger partial charge in [0.15, 0.2) is 0 Å². The van der Waals surface area contributed by atoms with Crippen molar-refractivity contribution in [3.05, 3.63) is 29.3 Å². The van der Waals surface area contributed by atoms with Crippen LogP contribution in [0.2, 0.25) is 0 Å². The monoisotopic (exact) mass is 248 g/mol. The maximum absolute atomic E-state index is 5.79. The first kappa shape index (κ1) is 13.4. The van der Waals surface area contributed by atoms with E-state index in [1.54, 1.807) is 0 Å². The standard InChI is InChI=1S/C15H24N2O/c1-12-8-13(2)10-14(9-12)18-7-6-17-15(3)4-5-16-11-15/h8-10,16-17H,4-7,11H2,1-3H3. The first-order valence-corrected chi connectivity index (χ1v) is 6.74. The van der Waals surface area contributed by atoms with Crippen LogP contribution >= 0.6 is 0 Å². The van der Waals surface area contributed by atoms with Gasteiger partial charge < -0.3 is 15.4 Å². The first-order chi connectivity index (χ1) is 8.57. The van der Waals surface area contributed by atoms with Crippen molar-refractivity contribution < 1.29 is 4.74 Å². The molecule has 1 saturated heterocycles. The third kappa shape index (κ3) is 3.72. The molecule has 3 heteroatoms. The lowest BCUT2D eigenvalue weighted by atomic mass is 10.0. The van der Waals surface area contributed by atoms with Gasteiger partial charge in [0.2, 0.25) is 0 Å². The molecule has 0 spiro atoms. The van der Waals surface area contributed by atoms with Crippen LogP contribution in [-0.2, 0) is 0 Å². The fraction of sp³-hybridized carbons (Fsp3) is 0.600. The van der Waals surface area contributed by atoms with Crippen molar-refractivity contribution >= 4 is 0 Å². The molecule has 1 aromatic carbocycles. The summed E-state index contributed by atoms with van der Waals surface area (Å²) in [6.45, 7) is 10.2. The molecule has 3 nitrogen and oxygen atoms in total. The smallest absolute Gasteiger partial charge is 0.119 e. The van der Waals surface area contributed by atoms with Gasteiger partial charge in [0.05, 0.1) is 0 Å². The van der Waals surface area contributed by atoms with Gasteiger partial charge >= 0.3 is 0 Å². The number of nitrogens with one attached hydrogen (secondary N) is 2. The average Bonchev–Trinajstić information content (AvgIpc) is 2.71. The Morgan fingerprint density at radius 1 is 1.28 bits per heavy atom. The third-order valence-electron chi connectivity index (χ3n) is 3.49. The lowest BCUT2D eigenvalue weighted by molar-refractivity contribution is 0.283. The minimum atomic E-state index is 0.242. The van der Waals surface area contributed by atoms with E-state index in [1.807, 2.05) is 0 Å². The Bertz CT molecular complexity index is 377. The highest BCUT2D eigenvalue weighted by atomic mass is 16.5. The second-order valence-electron chi connectivity index (χ2n) is 5.59. The quantitative estimate of drug-likeness (QED) is 0.782. The van der Waals surface area contributed by atoms with E-state index in [0.717, 1.165) is 32.0 Å². The Kier molecular flexibility index (Phi) is 4.25. The van der Waals surface area contributed by atoms with Gasteiger partial charge in [-0.25, -0.2) is 0 Å². The second-order valence-corrected chi connectivity index (χ2v) is 5.59. The summed E-state index contributed by atoms with van der Waals surface area (Å²) in [5, 5.41) is 6.95.